The van der Waals surface area contributed by atoms with Gasteiger partial charge in [-0.2, -0.15) is 0 Å². The van der Waals surface area contributed by atoms with Crippen LogP contribution in [0.25, 0.3) is 0 Å². The number of piperidine rings is 1. The Labute approximate surface area is 184 Å². The molecule has 0 aliphatic carbocycles. The van der Waals surface area contributed by atoms with Crippen molar-refractivity contribution in [2.75, 3.05) is 52.3 Å². The highest BCUT2D eigenvalue weighted by atomic mass is 32.1. The molecule has 3 rings (SSSR count). The lowest BCUT2D eigenvalue weighted by Gasteiger charge is -2.33. The fourth-order valence-corrected chi connectivity index (χ4v) is 4.33. The molecule has 6 nitrogen and oxygen atoms in total. The first-order valence-corrected chi connectivity index (χ1v) is 11.6. The van der Waals surface area contributed by atoms with E-state index in [1.54, 1.807) is 0 Å². The average Bonchev–Trinajstić information content (AvgIpc) is 3.30. The highest BCUT2D eigenvalue weighted by Crippen LogP contribution is 2.24. The zero-order valence-electron chi connectivity index (χ0n) is 18.4. The lowest BCUT2D eigenvalue weighted by Crippen LogP contribution is -2.48. The molecule has 0 spiro atoms. The predicted molar refractivity (Wildman–Crippen MR) is 128 cm³/mol. The zero-order valence-corrected chi connectivity index (χ0v) is 19.3. The third-order valence-corrected chi connectivity index (χ3v) is 6.21. The third-order valence-electron chi connectivity index (χ3n) is 5.28. The second-order valence-corrected chi connectivity index (χ2v) is 8.86. The van der Waals surface area contributed by atoms with Gasteiger partial charge >= 0.3 is 0 Å². The van der Waals surface area contributed by atoms with Crippen molar-refractivity contribution in [3.05, 3.63) is 47.3 Å². The highest BCUT2D eigenvalue weighted by Gasteiger charge is 2.20. The van der Waals surface area contributed by atoms with Crippen molar-refractivity contribution in [2.45, 2.75) is 31.8 Å². The van der Waals surface area contributed by atoms with Crippen LogP contribution < -0.4 is 20.3 Å². The first kappa shape index (κ1) is 22.4. The van der Waals surface area contributed by atoms with E-state index in [1.165, 1.54) is 10.6 Å². The van der Waals surface area contributed by atoms with Crippen LogP contribution in [0.3, 0.4) is 0 Å². The molecule has 7 heteroatoms. The van der Waals surface area contributed by atoms with Crippen LogP contribution in [-0.2, 0) is 6.54 Å². The first-order chi connectivity index (χ1) is 14.6. The van der Waals surface area contributed by atoms with Gasteiger partial charge in [-0.05, 0) is 68.6 Å². The van der Waals surface area contributed by atoms with Crippen LogP contribution in [-0.4, -0.2) is 64.3 Å². The molecule has 1 aliphatic heterocycles. The van der Waals surface area contributed by atoms with Crippen molar-refractivity contribution in [1.82, 2.24) is 15.5 Å². The van der Waals surface area contributed by atoms with E-state index in [9.17, 15) is 0 Å². The fraction of sp³-hybridized carbons (Fsp3) is 0.522. The fourth-order valence-electron chi connectivity index (χ4n) is 3.54. The summed E-state index contributed by atoms with van der Waals surface area (Å²) in [7, 11) is 6.00. The van der Waals surface area contributed by atoms with Gasteiger partial charge in [-0.1, -0.05) is 12.1 Å². The van der Waals surface area contributed by atoms with Crippen molar-refractivity contribution in [3.8, 4) is 5.75 Å². The number of ether oxygens (including phenoxy) is 1. The van der Waals surface area contributed by atoms with Crippen LogP contribution in [0.1, 0.15) is 24.8 Å². The number of rotatable bonds is 9. The van der Waals surface area contributed by atoms with E-state index in [0.29, 0.717) is 6.04 Å². The van der Waals surface area contributed by atoms with Crippen molar-refractivity contribution >= 4 is 22.3 Å². The van der Waals surface area contributed by atoms with E-state index in [0.717, 1.165) is 63.8 Å². The number of nitrogens with zero attached hydrogens (tertiary/aromatic N) is 3. The summed E-state index contributed by atoms with van der Waals surface area (Å²) in [6.07, 6.45) is 3.28. The molecule has 164 valence electrons. The molecule has 1 fully saturated rings. The van der Waals surface area contributed by atoms with Gasteiger partial charge in [0.1, 0.15) is 5.75 Å². The Morgan fingerprint density at radius 2 is 1.97 bits per heavy atom. The Bertz CT molecular complexity index is 752. The van der Waals surface area contributed by atoms with E-state index in [4.69, 9.17) is 4.74 Å². The highest BCUT2D eigenvalue weighted by molar-refractivity contribution is 7.14. The van der Waals surface area contributed by atoms with Gasteiger partial charge in [-0.25, -0.2) is 0 Å². The van der Waals surface area contributed by atoms with Crippen molar-refractivity contribution < 1.29 is 4.74 Å². The Morgan fingerprint density at radius 3 is 2.60 bits per heavy atom. The van der Waals surface area contributed by atoms with Crippen molar-refractivity contribution in [2.24, 2.45) is 4.99 Å². The van der Waals surface area contributed by atoms with Crippen molar-refractivity contribution in [3.63, 3.8) is 0 Å². The standard InChI is InChI=1S/C23H35N5OS/c1-24-23(26-20-11-14-28(15-12-20)22-6-4-17-30-22)25-18-19-7-9-21(10-8-19)29-16-5-13-27(2)3/h4,6-10,17,20H,5,11-16,18H2,1-3H3,(H2,24,25,26). The molecular weight excluding hydrogens is 394 g/mol. The van der Waals surface area contributed by atoms with Crippen LogP contribution in [0.5, 0.6) is 5.75 Å². The summed E-state index contributed by atoms with van der Waals surface area (Å²) in [6, 6.07) is 13.1. The van der Waals surface area contributed by atoms with Gasteiger partial charge in [0.25, 0.3) is 0 Å². The molecule has 0 bridgehead atoms. The normalized spacial score (nSPS) is 15.5. The Hall–Kier alpha value is -2.25. The summed E-state index contributed by atoms with van der Waals surface area (Å²) in [5.41, 5.74) is 1.21. The number of hydrogen-bond donors (Lipinski definition) is 2. The average molecular weight is 430 g/mol. The largest absolute Gasteiger partial charge is 0.494 e. The van der Waals surface area contributed by atoms with Gasteiger partial charge in [-0.15, -0.1) is 11.3 Å². The minimum Gasteiger partial charge on any atom is -0.494 e. The predicted octanol–water partition coefficient (Wildman–Crippen LogP) is 3.41. The number of nitrogens with one attached hydrogen (secondary N) is 2. The third kappa shape index (κ3) is 7.22. The monoisotopic (exact) mass is 429 g/mol. The number of guanidine groups is 1. The Balaban J connectivity index is 1.37. The first-order valence-electron chi connectivity index (χ1n) is 10.8. The molecule has 30 heavy (non-hydrogen) atoms. The van der Waals surface area contributed by atoms with E-state index in [2.05, 4.69) is 69.2 Å². The second-order valence-electron chi connectivity index (χ2n) is 7.93. The molecule has 2 heterocycles. The number of thiophene rings is 1. The molecule has 0 amide bonds. The maximum atomic E-state index is 5.81. The van der Waals surface area contributed by atoms with Crippen molar-refractivity contribution in [1.29, 1.82) is 0 Å². The number of benzene rings is 1. The lowest BCUT2D eigenvalue weighted by atomic mass is 10.1. The van der Waals surface area contributed by atoms with Gasteiger partial charge in [0.05, 0.1) is 11.6 Å². The molecule has 1 aromatic carbocycles. The summed E-state index contributed by atoms with van der Waals surface area (Å²) in [5.74, 6) is 1.80. The summed E-state index contributed by atoms with van der Waals surface area (Å²) in [6.45, 7) is 4.71. The molecule has 1 aromatic heterocycles. The summed E-state index contributed by atoms with van der Waals surface area (Å²) in [4.78, 5) is 9.05. The maximum Gasteiger partial charge on any atom is 0.191 e. The summed E-state index contributed by atoms with van der Waals surface area (Å²) >= 11 is 1.82. The molecule has 0 unspecified atom stereocenters. The van der Waals surface area contributed by atoms with Crippen LogP contribution in [0.4, 0.5) is 5.00 Å². The van der Waals surface area contributed by atoms with Crippen LogP contribution in [0.15, 0.2) is 46.8 Å². The topological polar surface area (TPSA) is 52.1 Å². The molecule has 0 radical (unpaired) electrons. The Morgan fingerprint density at radius 1 is 1.20 bits per heavy atom. The van der Waals surface area contributed by atoms with Crippen LogP contribution in [0.2, 0.25) is 0 Å². The molecule has 0 atom stereocenters. The molecule has 0 saturated carbocycles. The minimum atomic E-state index is 0.463. The SMILES string of the molecule is CN=C(NCc1ccc(OCCCN(C)C)cc1)NC1CCN(c2cccs2)CC1. The van der Waals surface area contributed by atoms with E-state index in [1.807, 2.05) is 30.5 Å². The molecule has 1 aliphatic rings. The molecule has 1 saturated heterocycles. The van der Waals surface area contributed by atoms with Gasteiger partial charge < -0.3 is 25.2 Å². The minimum absolute atomic E-state index is 0.463. The van der Waals surface area contributed by atoms with E-state index >= 15 is 0 Å². The molecule has 2 N–H and O–H groups in total. The second kappa shape index (κ2) is 11.8. The van der Waals surface area contributed by atoms with Crippen LogP contribution in [0, 0.1) is 0 Å². The number of hydrogen-bond acceptors (Lipinski definition) is 5. The smallest absolute Gasteiger partial charge is 0.191 e. The maximum absolute atomic E-state index is 5.81. The Kier molecular flexibility index (Phi) is 8.83. The van der Waals surface area contributed by atoms with Gasteiger partial charge in [0.2, 0.25) is 0 Å². The molecular formula is C23H35N5OS. The van der Waals surface area contributed by atoms with E-state index < -0.39 is 0 Å². The van der Waals surface area contributed by atoms with Gasteiger partial charge in [0.15, 0.2) is 5.96 Å². The summed E-state index contributed by atoms with van der Waals surface area (Å²) in [5, 5.41) is 10.5. The quantitative estimate of drug-likeness (QED) is 0.363. The van der Waals surface area contributed by atoms with Gasteiger partial charge in [-0.3, -0.25) is 4.99 Å². The number of anilines is 1. The molecule has 2 aromatic rings. The van der Waals surface area contributed by atoms with Gasteiger partial charge in [0, 0.05) is 39.3 Å². The number of aliphatic imine (C=N–C) groups is 1. The zero-order chi connectivity index (χ0) is 21.2. The van der Waals surface area contributed by atoms with Crippen LogP contribution >= 0.6 is 11.3 Å². The lowest BCUT2D eigenvalue weighted by molar-refractivity contribution is 0.281. The van der Waals surface area contributed by atoms with E-state index in [-0.39, 0.29) is 0 Å². The summed E-state index contributed by atoms with van der Waals surface area (Å²) < 4.78 is 5.81.